The van der Waals surface area contributed by atoms with Crippen molar-refractivity contribution in [2.24, 2.45) is 5.92 Å². The maximum Gasteiger partial charge on any atom is 0.387 e. The van der Waals surface area contributed by atoms with Crippen LogP contribution in [0.5, 0.6) is 11.6 Å². The molecule has 1 aliphatic carbocycles. The van der Waals surface area contributed by atoms with Crippen LogP contribution in [0.4, 0.5) is 25.0 Å². The van der Waals surface area contributed by atoms with E-state index in [1.54, 1.807) is 24.4 Å². The first kappa shape index (κ1) is 21.4. The number of alkyl halides is 2. The number of ether oxygens (including phenoxy) is 2. The molecule has 3 aromatic rings. The van der Waals surface area contributed by atoms with Gasteiger partial charge in [0.1, 0.15) is 11.9 Å². The van der Waals surface area contributed by atoms with E-state index in [1.807, 2.05) is 0 Å². The number of nitrogens with one attached hydrogen (secondary N) is 3. The summed E-state index contributed by atoms with van der Waals surface area (Å²) in [7, 11) is 0. The Labute approximate surface area is 182 Å². The molecule has 4 rings (SSSR count). The zero-order chi connectivity index (χ0) is 22.5. The third-order valence-corrected chi connectivity index (χ3v) is 5.26. The Bertz CT molecular complexity index is 1120. The van der Waals surface area contributed by atoms with Gasteiger partial charge < -0.3 is 25.1 Å². The number of anilines is 2. The lowest BCUT2D eigenvalue weighted by atomic mass is 9.88. The number of nitriles is 1. The van der Waals surface area contributed by atoms with Crippen molar-refractivity contribution in [3.8, 4) is 17.7 Å². The van der Waals surface area contributed by atoms with Crippen molar-refractivity contribution in [1.82, 2.24) is 9.97 Å². The second-order valence-corrected chi connectivity index (χ2v) is 7.47. The molecular weight excluding hydrogens is 420 g/mol. The van der Waals surface area contributed by atoms with Crippen molar-refractivity contribution in [2.45, 2.75) is 38.4 Å². The monoisotopic (exact) mass is 441 g/mol. The maximum atomic E-state index is 12.5. The zero-order valence-corrected chi connectivity index (χ0v) is 17.0. The molecule has 1 saturated carbocycles. The highest BCUT2D eigenvalue weighted by Gasteiger charge is 2.22. The van der Waals surface area contributed by atoms with Crippen LogP contribution in [-0.2, 0) is 0 Å². The number of aromatic nitrogens is 2. The number of fused-ring (bicyclic) bond motifs is 1. The number of pyridine rings is 1. The second kappa shape index (κ2) is 9.51. The van der Waals surface area contributed by atoms with Crippen LogP contribution < -0.4 is 20.1 Å². The van der Waals surface area contributed by atoms with Gasteiger partial charge in [-0.2, -0.15) is 14.0 Å². The summed E-state index contributed by atoms with van der Waals surface area (Å²) in [6, 6.07) is 9.55. The van der Waals surface area contributed by atoms with Gasteiger partial charge in [-0.05, 0) is 49.9 Å². The van der Waals surface area contributed by atoms with Crippen LogP contribution in [0.15, 0.2) is 42.7 Å². The summed E-state index contributed by atoms with van der Waals surface area (Å²) in [5.74, 6) is 0.560. The normalized spacial score (nSPS) is 18.2. The molecule has 0 radical (unpaired) electrons. The van der Waals surface area contributed by atoms with E-state index in [0.29, 0.717) is 28.2 Å². The van der Waals surface area contributed by atoms with Gasteiger partial charge in [0, 0.05) is 29.1 Å². The van der Waals surface area contributed by atoms with Gasteiger partial charge in [-0.15, -0.1) is 0 Å². The van der Waals surface area contributed by atoms with Crippen molar-refractivity contribution in [1.29, 1.82) is 5.26 Å². The number of urea groups is 1. The number of carbonyl (C=O) groups excluding carboxylic acids is 1. The van der Waals surface area contributed by atoms with Crippen molar-refractivity contribution < 1.29 is 23.0 Å². The largest absolute Gasteiger partial charge is 0.474 e. The average Bonchev–Trinajstić information content (AvgIpc) is 3.17. The molecule has 3 N–H and O–H groups in total. The van der Waals surface area contributed by atoms with E-state index in [-0.39, 0.29) is 17.8 Å². The maximum absolute atomic E-state index is 12.5. The smallest absolute Gasteiger partial charge is 0.387 e. The van der Waals surface area contributed by atoms with E-state index in [1.165, 1.54) is 18.3 Å². The van der Waals surface area contributed by atoms with Crippen molar-refractivity contribution in [3.05, 3.63) is 42.7 Å². The van der Waals surface area contributed by atoms with Crippen LogP contribution in [0.1, 0.15) is 25.7 Å². The summed E-state index contributed by atoms with van der Waals surface area (Å²) in [6.45, 7) is -2.93. The Morgan fingerprint density at radius 2 is 2.00 bits per heavy atom. The molecule has 1 aliphatic rings. The van der Waals surface area contributed by atoms with Crippen LogP contribution in [-0.4, -0.2) is 28.7 Å². The van der Waals surface area contributed by atoms with Gasteiger partial charge in [-0.3, -0.25) is 0 Å². The van der Waals surface area contributed by atoms with E-state index in [9.17, 15) is 13.6 Å². The van der Waals surface area contributed by atoms with E-state index >= 15 is 0 Å². The van der Waals surface area contributed by atoms with Crippen molar-refractivity contribution >= 4 is 28.3 Å². The number of halogens is 2. The topological polar surface area (TPSA) is 112 Å². The summed E-state index contributed by atoms with van der Waals surface area (Å²) in [6.07, 6.45) is 6.37. The lowest BCUT2D eigenvalue weighted by Gasteiger charge is -2.25. The first-order valence-electron chi connectivity index (χ1n) is 10.2. The van der Waals surface area contributed by atoms with E-state index < -0.39 is 12.6 Å². The van der Waals surface area contributed by atoms with Gasteiger partial charge in [-0.25, -0.2) is 9.78 Å². The minimum Gasteiger partial charge on any atom is -0.474 e. The van der Waals surface area contributed by atoms with Crippen molar-refractivity contribution in [3.63, 3.8) is 0 Å². The predicted octanol–water partition coefficient (Wildman–Crippen LogP) is 5.27. The minimum atomic E-state index is -2.93. The quantitative estimate of drug-likeness (QED) is 0.482. The third kappa shape index (κ3) is 5.24. The number of carbonyl (C=O) groups is 1. The van der Waals surface area contributed by atoms with Crippen LogP contribution in [0.3, 0.4) is 0 Å². The molecule has 0 spiro atoms. The number of amides is 2. The number of hydrogen-bond donors (Lipinski definition) is 3. The number of rotatable bonds is 6. The summed E-state index contributed by atoms with van der Waals surface area (Å²) in [5.41, 5.74) is 1.54. The predicted molar refractivity (Wildman–Crippen MR) is 114 cm³/mol. The molecule has 2 heterocycles. The molecule has 2 amide bonds. The molecule has 1 fully saturated rings. The first-order chi connectivity index (χ1) is 15.5. The molecule has 32 heavy (non-hydrogen) atoms. The van der Waals surface area contributed by atoms with E-state index in [0.717, 1.165) is 25.7 Å². The van der Waals surface area contributed by atoms with Gasteiger partial charge >= 0.3 is 12.6 Å². The summed E-state index contributed by atoms with van der Waals surface area (Å²) < 4.78 is 35.2. The molecule has 0 saturated heterocycles. The average molecular weight is 441 g/mol. The van der Waals surface area contributed by atoms with Gasteiger partial charge in [0.2, 0.25) is 5.88 Å². The molecule has 0 aliphatic heterocycles. The summed E-state index contributed by atoms with van der Waals surface area (Å²) in [4.78, 5) is 19.6. The van der Waals surface area contributed by atoms with Crippen LogP contribution in [0.25, 0.3) is 10.9 Å². The molecule has 0 bridgehead atoms. The number of nitrogens with zero attached hydrogens (tertiary/aromatic N) is 2. The summed E-state index contributed by atoms with van der Waals surface area (Å²) >= 11 is 0. The Kier molecular flexibility index (Phi) is 6.35. The summed E-state index contributed by atoms with van der Waals surface area (Å²) in [5, 5.41) is 14.8. The third-order valence-electron chi connectivity index (χ3n) is 5.26. The number of H-pyrrole nitrogens is 1. The number of hydrogen-bond acceptors (Lipinski definition) is 5. The molecule has 2 aromatic heterocycles. The molecule has 166 valence electrons. The van der Waals surface area contributed by atoms with Gasteiger partial charge in [-0.1, -0.05) is 0 Å². The molecular formula is C22H21F2N5O3. The minimum absolute atomic E-state index is 0.00328. The number of aromatic amines is 1. The van der Waals surface area contributed by atoms with Gasteiger partial charge in [0.15, 0.2) is 0 Å². The van der Waals surface area contributed by atoms with Crippen LogP contribution >= 0.6 is 0 Å². The van der Waals surface area contributed by atoms with Crippen LogP contribution in [0, 0.1) is 17.2 Å². The fraction of sp³-hybridized carbons (Fsp3) is 0.318. The molecule has 10 heteroatoms. The Balaban J connectivity index is 1.34. The SMILES string of the molecule is N#CC1CCC(Oc2ccc(NC(=O)Nc3c[nH]c4ccc(OC(F)F)cc34)cn2)CC1. The lowest BCUT2D eigenvalue weighted by molar-refractivity contribution is -0.0497. The first-order valence-corrected chi connectivity index (χ1v) is 10.2. The fourth-order valence-corrected chi connectivity index (χ4v) is 3.67. The Morgan fingerprint density at radius 1 is 1.19 bits per heavy atom. The highest BCUT2D eigenvalue weighted by molar-refractivity contribution is 6.06. The highest BCUT2D eigenvalue weighted by atomic mass is 19.3. The van der Waals surface area contributed by atoms with Crippen molar-refractivity contribution in [2.75, 3.05) is 10.6 Å². The Morgan fingerprint density at radius 3 is 2.69 bits per heavy atom. The number of benzene rings is 1. The fourth-order valence-electron chi connectivity index (χ4n) is 3.67. The van der Waals surface area contributed by atoms with Crippen LogP contribution in [0.2, 0.25) is 0 Å². The second-order valence-electron chi connectivity index (χ2n) is 7.47. The standard InChI is InChI=1S/C22H21F2N5O3/c23-21(24)32-16-6-7-18-17(9-16)19(12-26-18)29-22(30)28-14-3-8-20(27-11-14)31-15-4-1-13(10-25)2-5-15/h3,6-9,11-13,15,21,26H,1-2,4-5H2,(H2,28,29,30). The Hall–Kier alpha value is -3.87. The molecule has 1 aromatic carbocycles. The molecule has 0 unspecified atom stereocenters. The zero-order valence-electron chi connectivity index (χ0n) is 17.0. The molecule has 8 nitrogen and oxygen atoms in total. The van der Waals surface area contributed by atoms with E-state index in [2.05, 4.69) is 31.4 Å². The van der Waals surface area contributed by atoms with E-state index in [4.69, 9.17) is 10.00 Å². The molecule has 0 atom stereocenters. The lowest BCUT2D eigenvalue weighted by Crippen LogP contribution is -2.24. The van der Waals surface area contributed by atoms with Gasteiger partial charge in [0.25, 0.3) is 0 Å². The van der Waals surface area contributed by atoms with Gasteiger partial charge in [0.05, 0.1) is 23.6 Å². The highest BCUT2D eigenvalue weighted by Crippen LogP contribution is 2.29.